The lowest BCUT2D eigenvalue weighted by molar-refractivity contribution is 0.183. The SMILES string of the molecule is [N-]=[N+]=N[C@H]1CS(=O)(=O)C[C@H]1O. The lowest BCUT2D eigenvalue weighted by atomic mass is 10.2. The van der Waals surface area contributed by atoms with Gasteiger partial charge in [0.25, 0.3) is 0 Å². The van der Waals surface area contributed by atoms with Crippen LogP contribution in [0, 0.1) is 0 Å². The van der Waals surface area contributed by atoms with Gasteiger partial charge in [-0.15, -0.1) is 0 Å². The van der Waals surface area contributed by atoms with Gasteiger partial charge in [-0.25, -0.2) is 8.42 Å². The highest BCUT2D eigenvalue weighted by molar-refractivity contribution is 7.91. The monoisotopic (exact) mass is 177 g/mol. The number of hydrogen-bond acceptors (Lipinski definition) is 4. The largest absolute Gasteiger partial charge is 0.392 e. The number of hydrogen-bond donors (Lipinski definition) is 1. The van der Waals surface area contributed by atoms with Gasteiger partial charge in [0, 0.05) is 4.91 Å². The Labute approximate surface area is 63.4 Å². The lowest BCUT2D eigenvalue weighted by Gasteiger charge is -2.01. The number of sulfone groups is 1. The molecule has 0 spiro atoms. The quantitative estimate of drug-likeness (QED) is 0.330. The Morgan fingerprint density at radius 1 is 1.55 bits per heavy atom. The molecule has 1 heterocycles. The van der Waals surface area contributed by atoms with Crippen LogP contribution in [0.2, 0.25) is 0 Å². The number of aliphatic hydroxyl groups excluding tert-OH is 1. The summed E-state index contributed by atoms with van der Waals surface area (Å²) in [4.78, 5) is 2.43. The fraction of sp³-hybridized carbons (Fsp3) is 1.00. The van der Waals surface area contributed by atoms with Crippen molar-refractivity contribution in [3.8, 4) is 0 Å². The molecule has 1 rings (SSSR count). The highest BCUT2D eigenvalue weighted by Crippen LogP contribution is 2.15. The van der Waals surface area contributed by atoms with E-state index in [1.54, 1.807) is 0 Å². The smallest absolute Gasteiger partial charge is 0.153 e. The Morgan fingerprint density at radius 3 is 2.55 bits per heavy atom. The Hall–Kier alpha value is -0.780. The normalized spacial score (nSPS) is 34.6. The molecule has 0 aromatic heterocycles. The van der Waals surface area contributed by atoms with Crippen molar-refractivity contribution in [2.75, 3.05) is 11.5 Å². The van der Waals surface area contributed by atoms with E-state index in [-0.39, 0.29) is 11.5 Å². The van der Waals surface area contributed by atoms with Crippen molar-refractivity contribution in [2.45, 2.75) is 12.1 Å². The summed E-state index contributed by atoms with van der Waals surface area (Å²) in [6.45, 7) is 0. The van der Waals surface area contributed by atoms with Crippen LogP contribution in [0.1, 0.15) is 0 Å². The molecule has 0 saturated carbocycles. The average Bonchev–Trinajstić information content (AvgIpc) is 2.07. The molecule has 1 aliphatic rings. The summed E-state index contributed by atoms with van der Waals surface area (Å²) >= 11 is 0. The molecule has 1 N–H and O–H groups in total. The summed E-state index contributed by atoms with van der Waals surface area (Å²) < 4.78 is 21.6. The molecular weight excluding hydrogens is 170 g/mol. The fourth-order valence-electron chi connectivity index (χ4n) is 0.987. The molecular formula is C4H7N3O3S. The molecule has 0 radical (unpaired) electrons. The van der Waals surface area contributed by atoms with Gasteiger partial charge in [0.15, 0.2) is 9.84 Å². The maximum Gasteiger partial charge on any atom is 0.153 e. The lowest BCUT2D eigenvalue weighted by Crippen LogP contribution is -2.20. The summed E-state index contributed by atoms with van der Waals surface area (Å²) in [7, 11) is -3.18. The Bertz CT molecular complexity index is 292. The number of nitrogens with zero attached hydrogens (tertiary/aromatic N) is 3. The predicted octanol–water partition coefficient (Wildman–Crippen LogP) is -0.545. The fourth-order valence-corrected chi connectivity index (χ4v) is 2.67. The summed E-state index contributed by atoms with van der Waals surface area (Å²) in [5.74, 6) is -0.533. The van der Waals surface area contributed by atoms with Gasteiger partial charge in [0.2, 0.25) is 0 Å². The van der Waals surface area contributed by atoms with E-state index < -0.39 is 22.0 Å². The van der Waals surface area contributed by atoms with Crippen molar-refractivity contribution in [2.24, 2.45) is 5.11 Å². The van der Waals surface area contributed by atoms with Crippen LogP contribution >= 0.6 is 0 Å². The predicted molar refractivity (Wildman–Crippen MR) is 37.6 cm³/mol. The molecule has 0 aliphatic carbocycles. The first-order valence-corrected chi connectivity index (χ1v) is 4.80. The molecule has 1 fully saturated rings. The van der Waals surface area contributed by atoms with Gasteiger partial charge in [0.1, 0.15) is 0 Å². The van der Waals surface area contributed by atoms with Gasteiger partial charge in [-0.3, -0.25) is 0 Å². The van der Waals surface area contributed by atoms with Crippen LogP contribution in [0.5, 0.6) is 0 Å². The zero-order chi connectivity index (χ0) is 8.48. The van der Waals surface area contributed by atoms with Crippen LogP contribution in [0.15, 0.2) is 5.11 Å². The third-order valence-electron chi connectivity index (χ3n) is 1.49. The van der Waals surface area contributed by atoms with Crippen molar-refractivity contribution >= 4 is 9.84 Å². The molecule has 0 bridgehead atoms. The minimum absolute atomic E-state index is 0.238. The second-order valence-corrected chi connectivity index (χ2v) is 4.57. The topological polar surface area (TPSA) is 103 Å². The number of aliphatic hydroxyl groups is 1. The number of rotatable bonds is 1. The van der Waals surface area contributed by atoms with E-state index in [0.717, 1.165) is 0 Å². The van der Waals surface area contributed by atoms with Crippen molar-refractivity contribution in [1.82, 2.24) is 0 Å². The second-order valence-electron chi connectivity index (χ2n) is 2.42. The first-order chi connectivity index (χ1) is 5.05. The minimum Gasteiger partial charge on any atom is -0.392 e. The standard InChI is InChI=1S/C4H7N3O3S/c5-7-6-3-1-11(9,10)2-4(3)8/h3-4,8H,1-2H2/t3-,4+/m0/s1. The summed E-state index contributed by atoms with van der Waals surface area (Å²) in [5, 5.41) is 12.2. The molecule has 6 nitrogen and oxygen atoms in total. The first kappa shape index (κ1) is 8.32. The molecule has 2 atom stereocenters. The molecule has 62 valence electrons. The van der Waals surface area contributed by atoms with Crippen molar-refractivity contribution in [3.63, 3.8) is 0 Å². The van der Waals surface area contributed by atoms with Gasteiger partial charge in [-0.2, -0.15) is 0 Å². The summed E-state index contributed by atoms with van der Waals surface area (Å²) in [6.07, 6.45) is -1.03. The van der Waals surface area contributed by atoms with Gasteiger partial charge >= 0.3 is 0 Å². The minimum atomic E-state index is -3.18. The zero-order valence-corrected chi connectivity index (χ0v) is 6.40. The van der Waals surface area contributed by atoms with Crippen LogP contribution in [-0.4, -0.2) is 37.2 Å². The van der Waals surface area contributed by atoms with Crippen LogP contribution < -0.4 is 0 Å². The van der Waals surface area contributed by atoms with Gasteiger partial charge in [0.05, 0.1) is 23.7 Å². The maximum atomic E-state index is 10.8. The third-order valence-corrected chi connectivity index (χ3v) is 3.19. The Morgan fingerprint density at radius 2 is 2.18 bits per heavy atom. The van der Waals surface area contributed by atoms with E-state index in [1.165, 1.54) is 0 Å². The van der Waals surface area contributed by atoms with Crippen molar-refractivity contribution in [1.29, 1.82) is 0 Å². The highest BCUT2D eigenvalue weighted by Gasteiger charge is 2.35. The van der Waals surface area contributed by atoms with Crippen molar-refractivity contribution in [3.05, 3.63) is 10.4 Å². The molecule has 0 aromatic rings. The van der Waals surface area contributed by atoms with Gasteiger partial charge < -0.3 is 5.11 Å². The maximum absolute atomic E-state index is 10.8. The van der Waals surface area contributed by atoms with Crippen LogP contribution in [0.25, 0.3) is 10.4 Å². The van der Waals surface area contributed by atoms with E-state index in [1.807, 2.05) is 0 Å². The Balaban J connectivity index is 2.82. The summed E-state index contributed by atoms with van der Waals surface area (Å²) in [5.41, 5.74) is 7.97. The van der Waals surface area contributed by atoms with Gasteiger partial charge in [-0.05, 0) is 5.53 Å². The Kier molecular flexibility index (Phi) is 2.03. The van der Waals surface area contributed by atoms with E-state index in [4.69, 9.17) is 10.6 Å². The molecule has 0 unspecified atom stereocenters. The van der Waals surface area contributed by atoms with Crippen LogP contribution in [0.4, 0.5) is 0 Å². The first-order valence-electron chi connectivity index (χ1n) is 2.98. The van der Waals surface area contributed by atoms with E-state index in [9.17, 15) is 8.42 Å². The van der Waals surface area contributed by atoms with Crippen LogP contribution in [0.3, 0.4) is 0 Å². The third kappa shape index (κ3) is 1.83. The average molecular weight is 177 g/mol. The molecule has 0 aromatic carbocycles. The summed E-state index contributed by atoms with van der Waals surface area (Å²) in [6, 6.07) is -0.801. The zero-order valence-electron chi connectivity index (χ0n) is 5.58. The van der Waals surface area contributed by atoms with E-state index >= 15 is 0 Å². The molecule has 1 aliphatic heterocycles. The molecule has 1 saturated heterocycles. The number of azide groups is 1. The van der Waals surface area contributed by atoms with Crippen molar-refractivity contribution < 1.29 is 13.5 Å². The second kappa shape index (κ2) is 2.69. The van der Waals surface area contributed by atoms with E-state index in [0.29, 0.717) is 0 Å². The van der Waals surface area contributed by atoms with E-state index in [2.05, 4.69) is 10.0 Å². The molecule has 11 heavy (non-hydrogen) atoms. The highest BCUT2D eigenvalue weighted by atomic mass is 32.2. The van der Waals surface area contributed by atoms with Crippen LogP contribution in [-0.2, 0) is 9.84 Å². The molecule has 7 heteroatoms. The van der Waals surface area contributed by atoms with Gasteiger partial charge in [-0.1, -0.05) is 5.11 Å². The molecule has 0 amide bonds.